The smallest absolute Gasteiger partial charge is 0.185 e. The maximum absolute atomic E-state index is 8.97. The number of thiazole rings is 1. The minimum absolute atomic E-state index is 0.0563. The van der Waals surface area contributed by atoms with Crippen LogP contribution in [0.1, 0.15) is 10.4 Å². The molecule has 16 heavy (non-hydrogen) atoms. The summed E-state index contributed by atoms with van der Waals surface area (Å²) in [6.07, 6.45) is 5.28. The summed E-state index contributed by atoms with van der Waals surface area (Å²) in [4.78, 5) is 11.2. The highest BCUT2D eigenvalue weighted by atomic mass is 32.1. The lowest BCUT2D eigenvalue weighted by Crippen LogP contribution is -2.15. The Morgan fingerprint density at radius 2 is 2.12 bits per heavy atom. The summed E-state index contributed by atoms with van der Waals surface area (Å²) in [5.41, 5.74) is 1.19. The molecular weight excluding hydrogens is 222 g/mol. The molecular formula is C11H13N3OS. The number of nitrogens with zero attached hydrogens (tertiary/aromatic N) is 3. The number of aromatic nitrogens is 2. The molecule has 0 bridgehead atoms. The molecule has 2 rings (SSSR count). The lowest BCUT2D eigenvalue weighted by atomic mass is 10.2. The average molecular weight is 235 g/mol. The minimum Gasteiger partial charge on any atom is -0.391 e. The van der Waals surface area contributed by atoms with Gasteiger partial charge in [-0.25, -0.2) is 4.98 Å². The molecule has 1 N–H and O–H groups in total. The number of anilines is 1. The van der Waals surface area contributed by atoms with E-state index >= 15 is 0 Å². The van der Waals surface area contributed by atoms with Crippen molar-refractivity contribution >= 4 is 16.5 Å². The SMILES string of the molecule is CN(Cc1ccncc1)c1ncc(CO)s1. The van der Waals surface area contributed by atoms with Crippen LogP contribution in [0.5, 0.6) is 0 Å². The molecule has 0 saturated carbocycles. The fraction of sp³-hybridized carbons (Fsp3) is 0.273. The predicted molar refractivity (Wildman–Crippen MR) is 64.4 cm³/mol. The number of aliphatic hydroxyl groups is 1. The van der Waals surface area contributed by atoms with E-state index in [0.29, 0.717) is 0 Å². The van der Waals surface area contributed by atoms with Gasteiger partial charge in [0.25, 0.3) is 0 Å². The first kappa shape index (κ1) is 11.0. The van der Waals surface area contributed by atoms with Crippen LogP contribution >= 0.6 is 11.3 Å². The van der Waals surface area contributed by atoms with Crippen LogP contribution in [0, 0.1) is 0 Å². The molecule has 0 amide bonds. The van der Waals surface area contributed by atoms with Gasteiger partial charge in [-0.1, -0.05) is 11.3 Å². The molecule has 2 heterocycles. The lowest BCUT2D eigenvalue weighted by Gasteiger charge is -2.15. The second kappa shape index (κ2) is 5.05. The van der Waals surface area contributed by atoms with Crippen molar-refractivity contribution in [2.24, 2.45) is 0 Å². The first-order chi connectivity index (χ1) is 7.79. The topological polar surface area (TPSA) is 49.2 Å². The highest BCUT2D eigenvalue weighted by Crippen LogP contribution is 2.22. The lowest BCUT2D eigenvalue weighted by molar-refractivity contribution is 0.285. The van der Waals surface area contributed by atoms with Crippen molar-refractivity contribution in [3.05, 3.63) is 41.2 Å². The Hall–Kier alpha value is -1.46. The zero-order chi connectivity index (χ0) is 11.4. The normalized spacial score (nSPS) is 10.4. The van der Waals surface area contributed by atoms with Crippen molar-refractivity contribution in [2.75, 3.05) is 11.9 Å². The summed E-state index contributed by atoms with van der Waals surface area (Å²) in [6.45, 7) is 0.849. The molecule has 0 atom stereocenters. The minimum atomic E-state index is 0.0563. The van der Waals surface area contributed by atoms with Crippen molar-refractivity contribution in [3.63, 3.8) is 0 Å². The molecule has 0 aliphatic carbocycles. The first-order valence-corrected chi connectivity index (χ1v) is 5.77. The van der Waals surface area contributed by atoms with E-state index in [4.69, 9.17) is 5.11 Å². The Bertz CT molecular complexity index is 444. The third kappa shape index (κ3) is 2.56. The second-order valence-electron chi connectivity index (χ2n) is 3.48. The van der Waals surface area contributed by atoms with E-state index in [1.54, 1.807) is 18.6 Å². The van der Waals surface area contributed by atoms with Gasteiger partial charge < -0.3 is 10.0 Å². The Balaban J connectivity index is 2.05. The molecule has 0 aliphatic heterocycles. The number of aliphatic hydroxyl groups excluding tert-OH is 1. The fourth-order valence-electron chi connectivity index (χ4n) is 1.38. The Labute approximate surface area is 98.2 Å². The molecule has 2 aromatic rings. The van der Waals surface area contributed by atoms with Crippen molar-refractivity contribution in [1.82, 2.24) is 9.97 Å². The number of hydrogen-bond donors (Lipinski definition) is 1. The molecule has 0 aliphatic rings. The Kier molecular flexibility index (Phi) is 3.48. The van der Waals surface area contributed by atoms with E-state index in [0.717, 1.165) is 16.6 Å². The van der Waals surface area contributed by atoms with Crippen molar-refractivity contribution in [2.45, 2.75) is 13.2 Å². The average Bonchev–Trinajstić information content (AvgIpc) is 2.79. The van der Waals surface area contributed by atoms with E-state index in [9.17, 15) is 0 Å². The van der Waals surface area contributed by atoms with Crippen LogP contribution in [0.2, 0.25) is 0 Å². The largest absolute Gasteiger partial charge is 0.391 e. The van der Waals surface area contributed by atoms with E-state index < -0.39 is 0 Å². The predicted octanol–water partition coefficient (Wildman–Crippen LogP) is 1.67. The van der Waals surface area contributed by atoms with E-state index in [-0.39, 0.29) is 6.61 Å². The van der Waals surface area contributed by atoms with Gasteiger partial charge in [0.1, 0.15) is 0 Å². The summed E-state index contributed by atoms with van der Waals surface area (Å²) in [5.74, 6) is 0. The summed E-state index contributed by atoms with van der Waals surface area (Å²) in [7, 11) is 1.99. The van der Waals surface area contributed by atoms with Crippen LogP contribution in [-0.2, 0) is 13.2 Å². The van der Waals surface area contributed by atoms with Gasteiger partial charge in [-0.05, 0) is 17.7 Å². The summed E-state index contributed by atoms with van der Waals surface area (Å²) in [6, 6.07) is 3.97. The zero-order valence-electron chi connectivity index (χ0n) is 9.00. The molecule has 0 saturated heterocycles. The number of rotatable bonds is 4. The number of hydrogen-bond acceptors (Lipinski definition) is 5. The zero-order valence-corrected chi connectivity index (χ0v) is 9.81. The van der Waals surface area contributed by atoms with Gasteiger partial charge in [0.15, 0.2) is 5.13 Å². The maximum Gasteiger partial charge on any atom is 0.185 e. The third-order valence-corrected chi connectivity index (χ3v) is 3.29. The number of pyridine rings is 1. The monoisotopic (exact) mass is 235 g/mol. The molecule has 0 spiro atoms. The molecule has 4 nitrogen and oxygen atoms in total. The van der Waals surface area contributed by atoms with E-state index in [2.05, 4.69) is 14.9 Å². The third-order valence-electron chi connectivity index (χ3n) is 2.19. The molecule has 2 aromatic heterocycles. The van der Waals surface area contributed by atoms with E-state index in [1.165, 1.54) is 16.9 Å². The Morgan fingerprint density at radius 1 is 1.38 bits per heavy atom. The van der Waals surface area contributed by atoms with Crippen LogP contribution < -0.4 is 4.90 Å². The quantitative estimate of drug-likeness (QED) is 0.875. The van der Waals surface area contributed by atoms with Crippen molar-refractivity contribution in [3.8, 4) is 0 Å². The van der Waals surface area contributed by atoms with Gasteiger partial charge in [-0.2, -0.15) is 0 Å². The van der Waals surface area contributed by atoms with Gasteiger partial charge in [0.2, 0.25) is 0 Å². The molecule has 5 heteroatoms. The summed E-state index contributed by atoms with van der Waals surface area (Å²) < 4.78 is 0. The van der Waals surface area contributed by atoms with Gasteiger partial charge in [-0.3, -0.25) is 4.98 Å². The summed E-state index contributed by atoms with van der Waals surface area (Å²) in [5, 5.41) is 9.88. The maximum atomic E-state index is 8.97. The van der Waals surface area contributed by atoms with Crippen molar-refractivity contribution in [1.29, 1.82) is 0 Å². The Morgan fingerprint density at radius 3 is 2.75 bits per heavy atom. The first-order valence-electron chi connectivity index (χ1n) is 4.95. The van der Waals surface area contributed by atoms with Crippen LogP contribution in [-0.4, -0.2) is 22.1 Å². The van der Waals surface area contributed by atoms with Gasteiger partial charge in [0.05, 0.1) is 11.5 Å². The molecule has 0 fully saturated rings. The van der Waals surface area contributed by atoms with Gasteiger partial charge in [-0.15, -0.1) is 0 Å². The van der Waals surface area contributed by atoms with Crippen LogP contribution in [0.4, 0.5) is 5.13 Å². The summed E-state index contributed by atoms with van der Waals surface area (Å²) >= 11 is 1.51. The van der Waals surface area contributed by atoms with E-state index in [1.807, 2.05) is 19.2 Å². The van der Waals surface area contributed by atoms with Crippen LogP contribution in [0.15, 0.2) is 30.7 Å². The molecule has 0 aromatic carbocycles. The van der Waals surface area contributed by atoms with Gasteiger partial charge >= 0.3 is 0 Å². The second-order valence-corrected chi connectivity index (χ2v) is 4.57. The molecule has 84 valence electrons. The highest BCUT2D eigenvalue weighted by molar-refractivity contribution is 7.15. The fourth-order valence-corrected chi connectivity index (χ4v) is 2.11. The highest BCUT2D eigenvalue weighted by Gasteiger charge is 2.06. The van der Waals surface area contributed by atoms with Gasteiger partial charge in [0, 0.05) is 32.2 Å². The standard InChI is InChI=1S/C11H13N3OS/c1-14(7-9-2-4-12-5-3-9)11-13-6-10(8-15)16-11/h2-6,15H,7-8H2,1H3. The van der Waals surface area contributed by atoms with Crippen LogP contribution in [0.3, 0.4) is 0 Å². The molecule has 0 unspecified atom stereocenters. The molecule has 0 radical (unpaired) electrons. The van der Waals surface area contributed by atoms with Crippen LogP contribution in [0.25, 0.3) is 0 Å². The van der Waals surface area contributed by atoms with Crippen molar-refractivity contribution < 1.29 is 5.11 Å².